The lowest BCUT2D eigenvalue weighted by atomic mass is 9.95. The molecule has 71 heavy (non-hydrogen) atoms. The van der Waals surface area contributed by atoms with Crippen molar-refractivity contribution in [2.24, 2.45) is 45.1 Å². The van der Waals surface area contributed by atoms with Crippen LogP contribution in [0.15, 0.2) is 4.99 Å². The summed E-state index contributed by atoms with van der Waals surface area (Å²) >= 11 is 0. The number of hydrogen-bond donors (Lipinski definition) is 18. The van der Waals surface area contributed by atoms with Crippen LogP contribution in [0, 0.1) is 0 Å². The predicted molar refractivity (Wildman–Crippen MR) is 259 cm³/mol. The third kappa shape index (κ3) is 23.4. The monoisotopic (exact) mass is 1010 g/mol. The van der Waals surface area contributed by atoms with Crippen LogP contribution in [-0.2, 0) is 38.2 Å². The predicted octanol–water partition coefficient (Wildman–Crippen LogP) is -7.30. The standard InChI is InChI=1S/C43H82N16O12/c44-11-1-6-23(45)16-30(61)51-12-2-7-24(46)17-31(62)52-13-3-8-25(47)18-32(63)53-14-4-9-26(48)19-33(64)54-15-5-10-27(49)20-34(65)56-37-39(67)38(66)29(22-70-42(50)69)71-41(37)59-43-57-35-28(60)21-55-40(68)36(35)58-43/h23-29,35-39,41,60,66-67H,1-22,44-49H2,(H2,50,69)(H,51,61)(H,52,62)(H,53,63)(H,54,64)(H,55,68)(H,56,65)(H2,57,58,59)/t23-,24-,25-,26-,27-,28+,29+,35?,36?,37+,38-,39-,41+/m0/s1. The maximum absolute atomic E-state index is 13.1. The summed E-state index contributed by atoms with van der Waals surface area (Å²) in [6.07, 6.45) is -2.03. The number of hydrogen-bond acceptors (Lipinski definition) is 21. The van der Waals surface area contributed by atoms with Crippen LogP contribution >= 0.6 is 0 Å². The molecule has 0 spiro atoms. The van der Waals surface area contributed by atoms with Crippen LogP contribution in [0.25, 0.3) is 0 Å². The molecule has 3 heterocycles. The summed E-state index contributed by atoms with van der Waals surface area (Å²) in [5.74, 6) is -1.80. The molecule has 2 unspecified atom stereocenters. The van der Waals surface area contributed by atoms with E-state index in [0.29, 0.717) is 84.0 Å². The van der Waals surface area contributed by atoms with Gasteiger partial charge >= 0.3 is 6.09 Å². The SMILES string of the molecule is NCCC[C@H](N)CC(=O)NCCC[C@H](N)CC(=O)NCCC[C@H](N)CC(=O)NCCC[C@H](N)CC(=O)NCCC[C@H](N)CC(=O)N[C@@H]1[C@H](O)[C@@H](O)[C@@H](COC(N)=O)O[C@H]1NC1=NC2C(=O)NC[C@@H](O)C2N1. The zero-order chi connectivity index (χ0) is 52.5. The molecule has 0 aliphatic carbocycles. The van der Waals surface area contributed by atoms with Gasteiger partial charge in [-0.05, 0) is 70.8 Å². The van der Waals surface area contributed by atoms with Gasteiger partial charge in [0.15, 0.2) is 18.2 Å². The number of carbonyl (C=O) groups excluding carboxylic acids is 7. The van der Waals surface area contributed by atoms with Gasteiger partial charge in [0.25, 0.3) is 0 Å². The first-order chi connectivity index (χ1) is 33.8. The van der Waals surface area contributed by atoms with Gasteiger partial charge in [-0.25, -0.2) is 9.79 Å². The Morgan fingerprint density at radius 1 is 0.662 bits per heavy atom. The number of fused-ring (bicyclic) bond motifs is 1. The summed E-state index contributed by atoms with van der Waals surface area (Å²) in [6, 6.07) is -5.09. The highest BCUT2D eigenvalue weighted by Gasteiger charge is 2.48. The van der Waals surface area contributed by atoms with Gasteiger partial charge in [0, 0.05) is 95.0 Å². The Kier molecular flexibility index (Phi) is 27.3. The van der Waals surface area contributed by atoms with Crippen molar-refractivity contribution >= 4 is 47.5 Å². The van der Waals surface area contributed by atoms with Gasteiger partial charge in [-0.3, -0.25) is 28.8 Å². The molecule has 0 aromatic carbocycles. The summed E-state index contributed by atoms with van der Waals surface area (Å²) < 4.78 is 10.6. The number of β-amino-alcohol motifs (C(OH)–C–C–N with tert-alkyl or cyclic N) is 1. The Hall–Kier alpha value is -5.04. The van der Waals surface area contributed by atoms with Crippen LogP contribution in [-0.4, -0.2) is 188 Å². The third-order valence-electron chi connectivity index (χ3n) is 12.1. The van der Waals surface area contributed by atoms with Crippen molar-refractivity contribution in [1.29, 1.82) is 0 Å². The zero-order valence-corrected chi connectivity index (χ0v) is 40.6. The minimum atomic E-state index is -1.65. The molecule has 3 aliphatic rings. The minimum absolute atomic E-state index is 0.00440. The van der Waals surface area contributed by atoms with Crippen LogP contribution in [0.5, 0.6) is 0 Å². The number of guanidine groups is 1. The van der Waals surface area contributed by atoms with Crippen LogP contribution in [0.2, 0.25) is 0 Å². The molecule has 13 atom stereocenters. The highest BCUT2D eigenvalue weighted by atomic mass is 16.6. The van der Waals surface area contributed by atoms with Crippen LogP contribution < -0.4 is 82.7 Å². The quantitative estimate of drug-likeness (QED) is 0.0272. The lowest BCUT2D eigenvalue weighted by molar-refractivity contribution is -0.198. The van der Waals surface area contributed by atoms with E-state index in [2.05, 4.69) is 47.5 Å². The molecular weight excluding hydrogens is 933 g/mol. The third-order valence-corrected chi connectivity index (χ3v) is 12.1. The maximum atomic E-state index is 13.1. The first-order valence-electron chi connectivity index (χ1n) is 24.6. The number of piperidine rings is 1. The molecule has 3 rings (SSSR count). The van der Waals surface area contributed by atoms with E-state index < -0.39 is 91.4 Å². The number of nitrogens with zero attached hydrogens (tertiary/aromatic N) is 1. The molecule has 2 saturated heterocycles. The highest BCUT2D eigenvalue weighted by Crippen LogP contribution is 2.22. The number of nitrogens with one attached hydrogen (secondary N) is 8. The molecule has 0 bridgehead atoms. The van der Waals surface area contributed by atoms with E-state index in [1.807, 2.05) is 0 Å². The average Bonchev–Trinajstić information content (AvgIpc) is 3.74. The summed E-state index contributed by atoms with van der Waals surface area (Å²) in [4.78, 5) is 90.2. The molecule has 28 heteroatoms. The average molecular weight is 1020 g/mol. The first-order valence-corrected chi connectivity index (χ1v) is 24.6. The maximum Gasteiger partial charge on any atom is 0.404 e. The fraction of sp³-hybridized carbons (Fsp3) is 0.814. The van der Waals surface area contributed by atoms with Gasteiger partial charge in [-0.2, -0.15) is 0 Å². The fourth-order valence-corrected chi connectivity index (χ4v) is 8.21. The lowest BCUT2D eigenvalue weighted by Gasteiger charge is -2.43. The Morgan fingerprint density at radius 2 is 1.08 bits per heavy atom. The number of ether oxygens (including phenoxy) is 2. The summed E-state index contributed by atoms with van der Waals surface area (Å²) in [6.45, 7) is 1.48. The number of rotatable bonds is 33. The van der Waals surface area contributed by atoms with E-state index in [4.69, 9.17) is 49.6 Å². The fourth-order valence-electron chi connectivity index (χ4n) is 8.21. The van der Waals surface area contributed by atoms with Crippen molar-refractivity contribution in [2.75, 3.05) is 45.9 Å². The topological polar surface area (TPSA) is 489 Å². The van der Waals surface area contributed by atoms with Crippen molar-refractivity contribution in [3.05, 3.63) is 0 Å². The van der Waals surface area contributed by atoms with Crippen LogP contribution in [0.3, 0.4) is 0 Å². The molecule has 406 valence electrons. The Morgan fingerprint density at radius 3 is 1.49 bits per heavy atom. The van der Waals surface area contributed by atoms with Crippen molar-refractivity contribution in [1.82, 2.24) is 42.5 Å². The molecule has 25 N–H and O–H groups in total. The van der Waals surface area contributed by atoms with Gasteiger partial charge in [0.1, 0.15) is 31.0 Å². The lowest BCUT2D eigenvalue weighted by Crippen LogP contribution is -2.69. The van der Waals surface area contributed by atoms with Crippen molar-refractivity contribution < 1.29 is 58.4 Å². The van der Waals surface area contributed by atoms with Gasteiger partial charge < -0.3 is 107 Å². The van der Waals surface area contributed by atoms with E-state index in [0.717, 1.165) is 6.42 Å². The molecule has 0 radical (unpaired) electrons. The molecule has 0 saturated carbocycles. The van der Waals surface area contributed by atoms with Crippen LogP contribution in [0.1, 0.15) is 96.3 Å². The number of aliphatic imine (C=N–C) groups is 1. The number of aliphatic hydroxyl groups excluding tert-OH is 3. The Bertz CT molecular complexity index is 1740. The normalized spacial score (nSPS) is 24.8. The van der Waals surface area contributed by atoms with Gasteiger partial charge in [0.2, 0.25) is 35.4 Å². The summed E-state index contributed by atoms with van der Waals surface area (Å²) in [7, 11) is 0. The molecule has 28 nitrogen and oxygen atoms in total. The molecule has 0 aromatic rings. The van der Waals surface area contributed by atoms with E-state index in [1.54, 1.807) is 0 Å². The molecule has 3 aliphatic heterocycles. The number of primary amides is 1. The van der Waals surface area contributed by atoms with E-state index in [9.17, 15) is 48.9 Å². The number of amides is 7. The molecule has 7 amide bonds. The number of carbonyl (C=O) groups is 7. The van der Waals surface area contributed by atoms with Gasteiger partial charge in [0.05, 0.1) is 12.1 Å². The zero-order valence-electron chi connectivity index (χ0n) is 40.6. The molecular formula is C43H82N16O12. The first kappa shape index (κ1) is 60.3. The van der Waals surface area contributed by atoms with E-state index >= 15 is 0 Å². The largest absolute Gasteiger partial charge is 0.447 e. The number of aliphatic hydroxyl groups is 3. The Balaban J connectivity index is 1.24. The second-order valence-electron chi connectivity index (χ2n) is 18.6. The summed E-state index contributed by atoms with van der Waals surface area (Å²) in [5, 5.41) is 54.3. The van der Waals surface area contributed by atoms with Crippen molar-refractivity contribution in [2.45, 2.75) is 175 Å². The second kappa shape index (κ2) is 32.1. The smallest absolute Gasteiger partial charge is 0.404 e. The molecule has 0 aromatic heterocycles. The van der Waals surface area contributed by atoms with E-state index in [1.165, 1.54) is 0 Å². The second-order valence-corrected chi connectivity index (χ2v) is 18.6. The van der Waals surface area contributed by atoms with E-state index in [-0.39, 0.29) is 86.9 Å². The van der Waals surface area contributed by atoms with Crippen LogP contribution in [0.4, 0.5) is 4.79 Å². The minimum Gasteiger partial charge on any atom is -0.447 e. The summed E-state index contributed by atoms with van der Waals surface area (Å²) in [5.41, 5.74) is 41.0. The van der Waals surface area contributed by atoms with Gasteiger partial charge in [-0.1, -0.05) is 0 Å². The highest BCUT2D eigenvalue weighted by molar-refractivity contribution is 5.93. The van der Waals surface area contributed by atoms with Crippen molar-refractivity contribution in [3.8, 4) is 0 Å². The van der Waals surface area contributed by atoms with Gasteiger partial charge in [-0.15, -0.1) is 0 Å². The Labute approximate surface area is 413 Å². The molecule has 2 fully saturated rings. The number of nitrogens with two attached hydrogens (primary N) is 7. The van der Waals surface area contributed by atoms with Crippen molar-refractivity contribution in [3.63, 3.8) is 0 Å².